The van der Waals surface area contributed by atoms with Crippen LogP contribution in [0.25, 0.3) is 0 Å². The van der Waals surface area contributed by atoms with Crippen LogP contribution in [0.15, 0.2) is 12.1 Å². The number of ether oxygens (including phenoxy) is 2. The molecule has 1 saturated heterocycles. The number of halogens is 1. The van der Waals surface area contributed by atoms with Gasteiger partial charge in [0.05, 0.1) is 19.3 Å². The van der Waals surface area contributed by atoms with Gasteiger partial charge < -0.3 is 14.6 Å². The lowest BCUT2D eigenvalue weighted by Crippen LogP contribution is -2.33. The van der Waals surface area contributed by atoms with E-state index < -0.39 is 0 Å². The predicted molar refractivity (Wildman–Crippen MR) is 69.3 cm³/mol. The lowest BCUT2D eigenvalue weighted by Gasteiger charge is -2.28. The number of fused-ring (bicyclic) bond motifs is 1. The van der Waals surface area contributed by atoms with Crippen molar-refractivity contribution in [2.45, 2.75) is 25.4 Å². The quantitative estimate of drug-likeness (QED) is 0.894. The molecule has 0 amide bonds. The Labute approximate surface area is 112 Å². The molecule has 18 heavy (non-hydrogen) atoms. The van der Waals surface area contributed by atoms with E-state index in [0.717, 1.165) is 35.8 Å². The largest absolute Gasteiger partial charge is 0.493 e. The molecule has 1 aromatic carbocycles. The van der Waals surface area contributed by atoms with E-state index >= 15 is 0 Å². The standard InChI is InChI=1S/C14H17ClO3/c15-12-6-9-1-4-18-14(9)10(7-12)5-11-8-17-3-2-13(11)16/h6-7,11,13,16H,1-5,8H2. The number of hydrogen-bond acceptors (Lipinski definition) is 3. The number of benzene rings is 1. The lowest BCUT2D eigenvalue weighted by molar-refractivity contribution is -0.0351. The molecule has 0 aliphatic carbocycles. The Morgan fingerprint density at radius 1 is 1.33 bits per heavy atom. The Kier molecular flexibility index (Phi) is 3.46. The van der Waals surface area contributed by atoms with Crippen molar-refractivity contribution < 1.29 is 14.6 Å². The molecule has 3 nitrogen and oxygen atoms in total. The second kappa shape index (κ2) is 5.08. The molecule has 1 fully saturated rings. The van der Waals surface area contributed by atoms with Gasteiger partial charge in [0.2, 0.25) is 0 Å². The SMILES string of the molecule is OC1CCOCC1Cc1cc(Cl)cc2c1OCC2. The molecule has 0 bridgehead atoms. The van der Waals surface area contributed by atoms with Crippen molar-refractivity contribution in [2.75, 3.05) is 19.8 Å². The molecule has 0 spiro atoms. The van der Waals surface area contributed by atoms with Crippen LogP contribution in [0.2, 0.25) is 5.02 Å². The van der Waals surface area contributed by atoms with Crippen LogP contribution in [0.5, 0.6) is 5.75 Å². The molecular weight excluding hydrogens is 252 g/mol. The van der Waals surface area contributed by atoms with Gasteiger partial charge in [0.1, 0.15) is 5.75 Å². The minimum Gasteiger partial charge on any atom is -0.493 e. The van der Waals surface area contributed by atoms with E-state index in [9.17, 15) is 5.11 Å². The molecule has 2 heterocycles. The maximum atomic E-state index is 9.99. The molecule has 0 saturated carbocycles. The highest BCUT2D eigenvalue weighted by atomic mass is 35.5. The summed E-state index contributed by atoms with van der Waals surface area (Å²) in [5, 5.41) is 10.7. The number of hydrogen-bond donors (Lipinski definition) is 1. The Balaban J connectivity index is 1.84. The average molecular weight is 269 g/mol. The van der Waals surface area contributed by atoms with E-state index in [1.54, 1.807) is 0 Å². The van der Waals surface area contributed by atoms with Gasteiger partial charge in [-0.05, 0) is 36.1 Å². The Hall–Kier alpha value is -0.770. The van der Waals surface area contributed by atoms with Gasteiger partial charge in [-0.15, -0.1) is 0 Å². The fraction of sp³-hybridized carbons (Fsp3) is 0.571. The van der Waals surface area contributed by atoms with Crippen LogP contribution in [0.1, 0.15) is 17.5 Å². The van der Waals surface area contributed by atoms with Crippen molar-refractivity contribution in [3.63, 3.8) is 0 Å². The maximum Gasteiger partial charge on any atom is 0.125 e. The second-order valence-corrected chi connectivity index (χ2v) is 5.48. The van der Waals surface area contributed by atoms with E-state index in [1.165, 1.54) is 5.56 Å². The van der Waals surface area contributed by atoms with Crippen molar-refractivity contribution in [1.82, 2.24) is 0 Å². The lowest BCUT2D eigenvalue weighted by atomic mass is 9.90. The molecule has 2 unspecified atom stereocenters. The summed E-state index contributed by atoms with van der Waals surface area (Å²) < 4.78 is 11.1. The highest BCUT2D eigenvalue weighted by Gasteiger charge is 2.27. The molecule has 4 heteroatoms. The van der Waals surface area contributed by atoms with Crippen LogP contribution in [-0.2, 0) is 17.6 Å². The molecule has 1 aromatic rings. The Bertz CT molecular complexity index is 447. The fourth-order valence-electron chi connectivity index (χ4n) is 2.76. The van der Waals surface area contributed by atoms with E-state index in [0.29, 0.717) is 19.6 Å². The molecule has 0 aromatic heterocycles. The summed E-state index contributed by atoms with van der Waals surface area (Å²) in [6.07, 6.45) is 2.13. The van der Waals surface area contributed by atoms with Crippen LogP contribution in [0.4, 0.5) is 0 Å². The third-order valence-electron chi connectivity index (χ3n) is 3.74. The molecule has 3 rings (SSSR count). The molecule has 98 valence electrons. The van der Waals surface area contributed by atoms with Crippen LogP contribution >= 0.6 is 11.6 Å². The molecule has 0 radical (unpaired) electrons. The highest BCUT2D eigenvalue weighted by Crippen LogP contribution is 2.35. The first-order chi connectivity index (χ1) is 8.74. The van der Waals surface area contributed by atoms with E-state index in [4.69, 9.17) is 21.1 Å². The molecule has 2 aliphatic rings. The molecule has 1 N–H and O–H groups in total. The van der Waals surface area contributed by atoms with Crippen LogP contribution in [-0.4, -0.2) is 31.0 Å². The molecule has 2 aliphatic heterocycles. The van der Waals surface area contributed by atoms with Gasteiger partial charge in [-0.1, -0.05) is 11.6 Å². The normalized spacial score (nSPS) is 26.8. The van der Waals surface area contributed by atoms with Gasteiger partial charge in [0.25, 0.3) is 0 Å². The van der Waals surface area contributed by atoms with Crippen molar-refractivity contribution in [3.8, 4) is 5.75 Å². The summed E-state index contributed by atoms with van der Waals surface area (Å²) in [6, 6.07) is 3.92. The summed E-state index contributed by atoms with van der Waals surface area (Å²) in [6.45, 7) is 2.00. The zero-order valence-electron chi connectivity index (χ0n) is 10.2. The van der Waals surface area contributed by atoms with Gasteiger partial charge in [0.15, 0.2) is 0 Å². The Morgan fingerprint density at radius 3 is 3.06 bits per heavy atom. The molecule has 2 atom stereocenters. The number of aliphatic hydroxyl groups is 1. The van der Waals surface area contributed by atoms with Crippen LogP contribution in [0.3, 0.4) is 0 Å². The first-order valence-electron chi connectivity index (χ1n) is 6.44. The van der Waals surface area contributed by atoms with Gasteiger partial charge in [0, 0.05) is 24.0 Å². The summed E-state index contributed by atoms with van der Waals surface area (Å²) in [5.41, 5.74) is 2.29. The fourth-order valence-corrected chi connectivity index (χ4v) is 3.02. The van der Waals surface area contributed by atoms with Gasteiger partial charge in [-0.3, -0.25) is 0 Å². The smallest absolute Gasteiger partial charge is 0.125 e. The second-order valence-electron chi connectivity index (χ2n) is 5.05. The summed E-state index contributed by atoms with van der Waals surface area (Å²) in [7, 11) is 0. The number of aliphatic hydroxyl groups excluding tert-OH is 1. The summed E-state index contributed by atoms with van der Waals surface area (Å²) in [5.74, 6) is 1.11. The first-order valence-corrected chi connectivity index (χ1v) is 6.82. The summed E-state index contributed by atoms with van der Waals surface area (Å²) >= 11 is 6.13. The van der Waals surface area contributed by atoms with E-state index in [-0.39, 0.29) is 12.0 Å². The molecular formula is C14H17ClO3. The maximum absolute atomic E-state index is 9.99. The minimum atomic E-state index is -0.283. The van der Waals surface area contributed by atoms with Gasteiger partial charge in [-0.2, -0.15) is 0 Å². The zero-order valence-corrected chi connectivity index (χ0v) is 10.9. The van der Waals surface area contributed by atoms with Crippen LogP contribution in [0, 0.1) is 5.92 Å². The summed E-state index contributed by atoms with van der Waals surface area (Å²) in [4.78, 5) is 0. The monoisotopic (exact) mass is 268 g/mol. The first kappa shape index (κ1) is 12.3. The topological polar surface area (TPSA) is 38.7 Å². The zero-order chi connectivity index (χ0) is 12.5. The van der Waals surface area contributed by atoms with Gasteiger partial charge in [-0.25, -0.2) is 0 Å². The third-order valence-corrected chi connectivity index (χ3v) is 3.96. The van der Waals surface area contributed by atoms with Crippen molar-refractivity contribution in [1.29, 1.82) is 0 Å². The highest BCUT2D eigenvalue weighted by molar-refractivity contribution is 6.30. The van der Waals surface area contributed by atoms with Crippen molar-refractivity contribution in [3.05, 3.63) is 28.3 Å². The van der Waals surface area contributed by atoms with Crippen molar-refractivity contribution >= 4 is 11.6 Å². The van der Waals surface area contributed by atoms with Crippen LogP contribution < -0.4 is 4.74 Å². The van der Waals surface area contributed by atoms with E-state index in [1.807, 2.05) is 12.1 Å². The van der Waals surface area contributed by atoms with Crippen molar-refractivity contribution in [2.24, 2.45) is 5.92 Å². The van der Waals surface area contributed by atoms with E-state index in [2.05, 4.69) is 0 Å². The third kappa shape index (κ3) is 2.35. The predicted octanol–water partition coefficient (Wildman–Crippen LogP) is 2.21. The minimum absolute atomic E-state index is 0.144. The number of rotatable bonds is 2. The van der Waals surface area contributed by atoms with Gasteiger partial charge >= 0.3 is 0 Å². The average Bonchev–Trinajstić information content (AvgIpc) is 2.80. The Morgan fingerprint density at radius 2 is 2.22 bits per heavy atom.